The standard InChI is InChI=1S/C23H27FN4O4/c1-2-26(16-22(29)25-15-17-6-8-18(24)9-7-17)23(30)20-14-19(28(31)32)10-11-21(20)27-12-4-3-5-13-27/h6-11,14H,2-5,12-13,15-16H2,1H3,(H,25,29). The number of nitrogens with zero attached hydrogens (tertiary/aromatic N) is 3. The Bertz CT molecular complexity index is 974. The molecule has 8 nitrogen and oxygen atoms in total. The molecule has 0 saturated carbocycles. The van der Waals surface area contributed by atoms with Crippen LogP contribution in [0.1, 0.15) is 42.1 Å². The lowest BCUT2D eigenvalue weighted by Crippen LogP contribution is -2.41. The maximum absolute atomic E-state index is 13.3. The van der Waals surface area contributed by atoms with Crippen LogP contribution in [0.3, 0.4) is 0 Å². The van der Waals surface area contributed by atoms with Gasteiger partial charge in [0, 0.05) is 38.3 Å². The van der Waals surface area contributed by atoms with E-state index in [-0.39, 0.29) is 42.6 Å². The molecule has 1 aliphatic rings. The fourth-order valence-electron chi connectivity index (χ4n) is 3.75. The highest BCUT2D eigenvalue weighted by Crippen LogP contribution is 2.29. The summed E-state index contributed by atoms with van der Waals surface area (Å²) in [6.07, 6.45) is 3.10. The van der Waals surface area contributed by atoms with Gasteiger partial charge in [0.15, 0.2) is 0 Å². The molecule has 1 heterocycles. The average Bonchev–Trinajstić information content (AvgIpc) is 2.81. The van der Waals surface area contributed by atoms with E-state index < -0.39 is 10.8 Å². The van der Waals surface area contributed by atoms with Gasteiger partial charge in [0.05, 0.1) is 22.7 Å². The van der Waals surface area contributed by atoms with Gasteiger partial charge in [0.2, 0.25) is 5.91 Å². The summed E-state index contributed by atoms with van der Waals surface area (Å²) >= 11 is 0. The summed E-state index contributed by atoms with van der Waals surface area (Å²) in [5.41, 5.74) is 1.46. The molecule has 9 heteroatoms. The van der Waals surface area contributed by atoms with E-state index in [1.54, 1.807) is 25.1 Å². The summed E-state index contributed by atoms with van der Waals surface area (Å²) in [4.78, 5) is 40.0. The number of anilines is 1. The molecule has 1 aliphatic heterocycles. The molecule has 170 valence electrons. The minimum Gasteiger partial charge on any atom is -0.371 e. The lowest BCUT2D eigenvalue weighted by Gasteiger charge is -2.31. The number of non-ortho nitro benzene ring substituents is 1. The van der Waals surface area contributed by atoms with Crippen molar-refractivity contribution in [2.24, 2.45) is 0 Å². The first kappa shape index (κ1) is 23.2. The highest BCUT2D eigenvalue weighted by Gasteiger charge is 2.25. The Labute approximate surface area is 186 Å². The van der Waals surface area contributed by atoms with Gasteiger partial charge in [-0.3, -0.25) is 19.7 Å². The second-order valence-electron chi connectivity index (χ2n) is 7.73. The Hall–Kier alpha value is -3.49. The number of carbonyl (C=O) groups excluding carboxylic acids is 2. The Morgan fingerprint density at radius 3 is 2.44 bits per heavy atom. The SMILES string of the molecule is CCN(CC(=O)NCc1ccc(F)cc1)C(=O)c1cc([N+](=O)[O-])ccc1N1CCCCC1. The van der Waals surface area contributed by atoms with E-state index in [2.05, 4.69) is 10.2 Å². The van der Waals surface area contributed by atoms with E-state index in [0.717, 1.165) is 37.9 Å². The number of nitro benzene ring substituents is 1. The Balaban J connectivity index is 1.75. The van der Waals surface area contributed by atoms with Crippen molar-refractivity contribution >= 4 is 23.2 Å². The van der Waals surface area contributed by atoms with Gasteiger partial charge in [-0.2, -0.15) is 0 Å². The number of hydrogen-bond donors (Lipinski definition) is 1. The van der Waals surface area contributed by atoms with E-state index in [0.29, 0.717) is 5.69 Å². The number of benzene rings is 2. The van der Waals surface area contributed by atoms with Crippen LogP contribution < -0.4 is 10.2 Å². The zero-order valence-electron chi connectivity index (χ0n) is 18.1. The maximum Gasteiger partial charge on any atom is 0.270 e. The summed E-state index contributed by atoms with van der Waals surface area (Å²) in [6.45, 7) is 3.61. The zero-order chi connectivity index (χ0) is 23.1. The molecule has 0 aliphatic carbocycles. The molecule has 0 unspecified atom stereocenters. The number of piperidine rings is 1. The van der Waals surface area contributed by atoms with Crippen LogP contribution in [0.2, 0.25) is 0 Å². The number of rotatable bonds is 8. The third-order valence-electron chi connectivity index (χ3n) is 5.52. The maximum atomic E-state index is 13.3. The molecule has 1 saturated heterocycles. The van der Waals surface area contributed by atoms with Crippen LogP contribution in [0, 0.1) is 15.9 Å². The molecule has 2 aromatic rings. The summed E-state index contributed by atoms with van der Waals surface area (Å²) in [5.74, 6) is -1.15. The number of likely N-dealkylation sites (N-methyl/N-ethyl adjacent to an activating group) is 1. The van der Waals surface area contributed by atoms with E-state index in [9.17, 15) is 24.1 Å². The Morgan fingerprint density at radius 1 is 1.12 bits per heavy atom. The second kappa shape index (κ2) is 10.7. The molecule has 1 N–H and O–H groups in total. The summed E-state index contributed by atoms with van der Waals surface area (Å²) < 4.78 is 13.0. The lowest BCUT2D eigenvalue weighted by atomic mass is 10.1. The van der Waals surface area contributed by atoms with E-state index in [4.69, 9.17) is 0 Å². The summed E-state index contributed by atoms with van der Waals surface area (Å²) in [6, 6.07) is 10.1. The van der Waals surface area contributed by atoms with Crippen LogP contribution in [0.15, 0.2) is 42.5 Å². The average molecular weight is 442 g/mol. The Morgan fingerprint density at radius 2 is 1.81 bits per heavy atom. The molecule has 0 bridgehead atoms. The van der Waals surface area contributed by atoms with E-state index >= 15 is 0 Å². The largest absolute Gasteiger partial charge is 0.371 e. The van der Waals surface area contributed by atoms with Gasteiger partial charge in [0.25, 0.3) is 11.6 Å². The highest BCUT2D eigenvalue weighted by atomic mass is 19.1. The number of carbonyl (C=O) groups is 2. The van der Waals surface area contributed by atoms with Gasteiger partial charge in [-0.1, -0.05) is 12.1 Å². The lowest BCUT2D eigenvalue weighted by molar-refractivity contribution is -0.384. The van der Waals surface area contributed by atoms with Crippen LogP contribution in [0.5, 0.6) is 0 Å². The molecule has 1 fully saturated rings. The molecule has 0 spiro atoms. The van der Waals surface area contributed by atoms with Gasteiger partial charge in [-0.15, -0.1) is 0 Å². The number of amides is 2. The van der Waals surface area contributed by atoms with Crippen molar-refractivity contribution in [3.05, 3.63) is 69.5 Å². The molecule has 2 aromatic carbocycles. The molecule has 2 amide bonds. The third-order valence-corrected chi connectivity index (χ3v) is 5.52. The van der Waals surface area contributed by atoms with E-state index in [1.165, 1.54) is 29.2 Å². The van der Waals surface area contributed by atoms with Crippen molar-refractivity contribution < 1.29 is 18.9 Å². The van der Waals surface area contributed by atoms with Crippen LogP contribution >= 0.6 is 0 Å². The van der Waals surface area contributed by atoms with Gasteiger partial charge < -0.3 is 15.1 Å². The minimum atomic E-state index is -0.525. The third kappa shape index (κ3) is 5.81. The molecule has 0 atom stereocenters. The number of halogens is 1. The number of nitrogens with one attached hydrogen (secondary N) is 1. The molecule has 0 radical (unpaired) electrons. The van der Waals surface area contributed by atoms with Crippen LogP contribution in [0.25, 0.3) is 0 Å². The van der Waals surface area contributed by atoms with Gasteiger partial charge in [-0.25, -0.2) is 4.39 Å². The minimum absolute atomic E-state index is 0.161. The first-order valence-corrected chi connectivity index (χ1v) is 10.7. The zero-order valence-corrected chi connectivity index (χ0v) is 18.1. The van der Waals surface area contributed by atoms with Crippen molar-refractivity contribution in [3.63, 3.8) is 0 Å². The van der Waals surface area contributed by atoms with Crippen LogP contribution in [-0.2, 0) is 11.3 Å². The van der Waals surface area contributed by atoms with Gasteiger partial charge in [0.1, 0.15) is 5.82 Å². The predicted octanol–water partition coefficient (Wildman–Crippen LogP) is 3.50. The smallest absolute Gasteiger partial charge is 0.270 e. The quantitative estimate of drug-likeness (QED) is 0.499. The highest BCUT2D eigenvalue weighted by molar-refractivity contribution is 6.02. The fraction of sp³-hybridized carbons (Fsp3) is 0.391. The molecule has 32 heavy (non-hydrogen) atoms. The number of hydrogen-bond acceptors (Lipinski definition) is 5. The van der Waals surface area contributed by atoms with Gasteiger partial charge in [-0.05, 0) is 49.9 Å². The van der Waals surface area contributed by atoms with Gasteiger partial charge >= 0.3 is 0 Å². The molecule has 3 rings (SSSR count). The molecular weight excluding hydrogens is 415 g/mol. The molecular formula is C23H27FN4O4. The predicted molar refractivity (Wildman–Crippen MR) is 119 cm³/mol. The normalized spacial score (nSPS) is 13.5. The van der Waals surface area contributed by atoms with Crippen molar-refractivity contribution in [2.75, 3.05) is 31.1 Å². The first-order chi connectivity index (χ1) is 15.4. The van der Waals surface area contributed by atoms with Crippen molar-refractivity contribution in [1.29, 1.82) is 0 Å². The number of nitro groups is 1. The monoisotopic (exact) mass is 442 g/mol. The fourth-order valence-corrected chi connectivity index (χ4v) is 3.75. The van der Waals surface area contributed by atoms with Crippen LogP contribution in [0.4, 0.5) is 15.8 Å². The van der Waals surface area contributed by atoms with E-state index in [1.807, 2.05) is 0 Å². The van der Waals surface area contributed by atoms with Crippen molar-refractivity contribution in [2.45, 2.75) is 32.7 Å². The topological polar surface area (TPSA) is 95.8 Å². The van der Waals surface area contributed by atoms with Crippen molar-refractivity contribution in [3.8, 4) is 0 Å². The summed E-state index contributed by atoms with van der Waals surface area (Å²) in [7, 11) is 0. The first-order valence-electron chi connectivity index (χ1n) is 10.7. The van der Waals surface area contributed by atoms with Crippen molar-refractivity contribution in [1.82, 2.24) is 10.2 Å². The second-order valence-corrected chi connectivity index (χ2v) is 7.73. The Kier molecular flexibility index (Phi) is 7.75. The van der Waals surface area contributed by atoms with Crippen LogP contribution in [-0.4, -0.2) is 47.8 Å². The molecule has 0 aromatic heterocycles. The summed E-state index contributed by atoms with van der Waals surface area (Å²) in [5, 5.41) is 14.0.